The van der Waals surface area contributed by atoms with Crippen LogP contribution in [0.15, 0.2) is 36.5 Å². The minimum absolute atomic E-state index is 0.00671. The zero-order valence-corrected chi connectivity index (χ0v) is 48.4. The van der Waals surface area contributed by atoms with Gasteiger partial charge < -0.3 is 20.3 Å². The molecule has 0 saturated heterocycles. The van der Waals surface area contributed by atoms with E-state index in [0.717, 1.165) is 51.4 Å². The first-order valence-corrected chi connectivity index (χ1v) is 32.3. The number of nitrogens with one attached hydrogen (secondary N) is 1. The molecule has 0 aromatic rings. The second kappa shape index (κ2) is 61.6. The highest BCUT2D eigenvalue weighted by Gasteiger charge is 2.18. The lowest BCUT2D eigenvalue weighted by Crippen LogP contribution is -2.45. The molecule has 424 valence electrons. The number of rotatable bonds is 60. The third kappa shape index (κ3) is 57.4. The molecule has 0 aromatic heterocycles. The van der Waals surface area contributed by atoms with Gasteiger partial charge in [0.1, 0.15) is 0 Å². The molecule has 0 saturated carbocycles. The zero-order valence-electron chi connectivity index (χ0n) is 48.4. The molecule has 6 nitrogen and oxygen atoms in total. The van der Waals surface area contributed by atoms with Crippen LogP contribution in [0.1, 0.15) is 348 Å². The number of ether oxygens (including phenoxy) is 1. The zero-order chi connectivity index (χ0) is 52.2. The van der Waals surface area contributed by atoms with Crippen LogP contribution in [0.2, 0.25) is 0 Å². The van der Waals surface area contributed by atoms with Gasteiger partial charge in [0.05, 0.1) is 25.4 Å². The summed E-state index contributed by atoms with van der Waals surface area (Å²) in [5.41, 5.74) is 0. The fraction of sp³-hybridized carbons (Fsp3) is 0.879. The van der Waals surface area contributed by atoms with E-state index in [1.165, 1.54) is 270 Å². The van der Waals surface area contributed by atoms with E-state index < -0.39 is 12.1 Å². The Morgan fingerprint density at radius 2 is 0.722 bits per heavy atom. The minimum atomic E-state index is -0.848. The number of amides is 1. The molecule has 0 rings (SSSR count). The predicted molar refractivity (Wildman–Crippen MR) is 315 cm³/mol. The van der Waals surface area contributed by atoms with Crippen LogP contribution in [-0.2, 0) is 14.3 Å². The van der Waals surface area contributed by atoms with Gasteiger partial charge in [0.2, 0.25) is 5.91 Å². The van der Waals surface area contributed by atoms with E-state index in [-0.39, 0.29) is 18.5 Å². The fourth-order valence-corrected chi connectivity index (χ4v) is 9.97. The van der Waals surface area contributed by atoms with E-state index in [4.69, 9.17) is 4.74 Å². The molecule has 6 heteroatoms. The van der Waals surface area contributed by atoms with E-state index in [1.807, 2.05) is 6.08 Å². The van der Waals surface area contributed by atoms with Crippen molar-refractivity contribution in [2.24, 2.45) is 0 Å². The van der Waals surface area contributed by atoms with Gasteiger partial charge in [0, 0.05) is 12.8 Å². The molecule has 0 aliphatic carbocycles. The number of hydrogen-bond acceptors (Lipinski definition) is 5. The third-order valence-electron chi connectivity index (χ3n) is 14.9. The standard InChI is InChI=1S/C66H125NO5/c1-3-5-7-9-11-13-15-17-18-19-20-21-22-23-25-28-31-35-38-42-46-50-54-58-64(69)63(62-68)67-65(70)59-55-51-47-43-39-36-32-29-26-24-27-30-33-37-41-45-49-53-57-61-72-66(71)60-56-52-48-44-40-34-16-14-12-10-8-6-4-2/h8,10,14,16,54,58,63-64,68-69H,3-7,9,11-13,15,17-53,55-57,59-62H2,1-2H3,(H,67,70)/b10-8-,16-14-,58-54+. The maximum atomic E-state index is 12.5. The Morgan fingerprint density at radius 1 is 0.389 bits per heavy atom. The van der Waals surface area contributed by atoms with Crippen LogP contribution in [0.4, 0.5) is 0 Å². The van der Waals surface area contributed by atoms with Crippen molar-refractivity contribution in [3.05, 3.63) is 36.5 Å². The highest BCUT2D eigenvalue weighted by molar-refractivity contribution is 5.76. The number of esters is 1. The highest BCUT2D eigenvalue weighted by Crippen LogP contribution is 2.18. The Kier molecular flexibility index (Phi) is 60.0. The van der Waals surface area contributed by atoms with Gasteiger partial charge in [0.15, 0.2) is 0 Å². The van der Waals surface area contributed by atoms with Gasteiger partial charge in [-0.3, -0.25) is 9.59 Å². The number of unbranched alkanes of at least 4 members (excludes halogenated alkanes) is 45. The summed E-state index contributed by atoms with van der Waals surface area (Å²) in [6.07, 6.45) is 77.6. The van der Waals surface area contributed by atoms with E-state index in [1.54, 1.807) is 6.08 Å². The first-order valence-electron chi connectivity index (χ1n) is 32.3. The lowest BCUT2D eigenvalue weighted by molar-refractivity contribution is -0.143. The average molecular weight is 1010 g/mol. The minimum Gasteiger partial charge on any atom is -0.466 e. The Morgan fingerprint density at radius 3 is 1.11 bits per heavy atom. The van der Waals surface area contributed by atoms with Crippen molar-refractivity contribution in [2.45, 2.75) is 360 Å². The Hall–Kier alpha value is -1.92. The van der Waals surface area contributed by atoms with E-state index in [2.05, 4.69) is 43.5 Å². The Balaban J connectivity index is 3.44. The number of aliphatic hydroxyl groups excluding tert-OH is 2. The van der Waals surface area contributed by atoms with Gasteiger partial charge in [-0.1, -0.05) is 314 Å². The molecule has 0 aliphatic rings. The maximum Gasteiger partial charge on any atom is 0.305 e. The summed E-state index contributed by atoms with van der Waals surface area (Å²) in [5, 5.41) is 23.2. The molecular weight excluding hydrogens is 887 g/mol. The van der Waals surface area contributed by atoms with Crippen LogP contribution in [0.5, 0.6) is 0 Å². The first kappa shape index (κ1) is 70.1. The second-order valence-electron chi connectivity index (χ2n) is 22.1. The molecule has 0 heterocycles. The van der Waals surface area contributed by atoms with Gasteiger partial charge >= 0.3 is 5.97 Å². The van der Waals surface area contributed by atoms with Gasteiger partial charge in [-0.2, -0.15) is 0 Å². The monoisotopic (exact) mass is 1010 g/mol. The SMILES string of the molecule is CCC/C=C\C/C=C\CCCCCCCC(=O)OCCCCCCCCCCCCCCCCCCCCCC(=O)NC(CO)C(O)/C=C/CCCCCCCCCCCCCCCCCCCCCCC. The second-order valence-corrected chi connectivity index (χ2v) is 22.1. The number of allylic oxidation sites excluding steroid dienone is 5. The maximum absolute atomic E-state index is 12.5. The third-order valence-corrected chi connectivity index (χ3v) is 14.9. The van der Waals surface area contributed by atoms with Crippen LogP contribution >= 0.6 is 0 Å². The molecular formula is C66H125NO5. The predicted octanol–water partition coefficient (Wildman–Crippen LogP) is 20.4. The Labute approximate surface area is 449 Å². The van der Waals surface area contributed by atoms with Gasteiger partial charge in [-0.05, 0) is 57.8 Å². The summed E-state index contributed by atoms with van der Waals surface area (Å²) < 4.78 is 5.47. The molecule has 0 bridgehead atoms. The molecule has 2 atom stereocenters. The van der Waals surface area contributed by atoms with Crippen molar-refractivity contribution in [3.8, 4) is 0 Å². The molecule has 72 heavy (non-hydrogen) atoms. The largest absolute Gasteiger partial charge is 0.466 e. The van der Waals surface area contributed by atoms with Gasteiger partial charge in [0.25, 0.3) is 0 Å². The molecule has 0 fully saturated rings. The summed E-state index contributed by atoms with van der Waals surface area (Å²) >= 11 is 0. The molecule has 0 radical (unpaired) electrons. The smallest absolute Gasteiger partial charge is 0.305 e. The summed E-state index contributed by atoms with van der Waals surface area (Å²) in [6.45, 7) is 4.85. The molecule has 3 N–H and O–H groups in total. The summed E-state index contributed by atoms with van der Waals surface area (Å²) in [6, 6.07) is -0.632. The molecule has 0 aliphatic heterocycles. The fourth-order valence-electron chi connectivity index (χ4n) is 9.97. The normalized spacial score (nSPS) is 12.8. The van der Waals surface area contributed by atoms with Crippen LogP contribution < -0.4 is 5.32 Å². The summed E-state index contributed by atoms with van der Waals surface area (Å²) in [4.78, 5) is 24.5. The topological polar surface area (TPSA) is 95.9 Å². The number of hydrogen-bond donors (Lipinski definition) is 3. The molecule has 1 amide bonds. The van der Waals surface area contributed by atoms with Crippen molar-refractivity contribution in [1.82, 2.24) is 5.32 Å². The van der Waals surface area contributed by atoms with Crippen LogP contribution in [-0.4, -0.2) is 47.4 Å². The van der Waals surface area contributed by atoms with Gasteiger partial charge in [-0.15, -0.1) is 0 Å². The van der Waals surface area contributed by atoms with Crippen molar-refractivity contribution in [1.29, 1.82) is 0 Å². The van der Waals surface area contributed by atoms with Crippen LogP contribution in [0.3, 0.4) is 0 Å². The summed E-state index contributed by atoms with van der Waals surface area (Å²) in [5.74, 6) is -0.0747. The Bertz CT molecular complexity index is 1170. The van der Waals surface area contributed by atoms with Crippen molar-refractivity contribution in [3.63, 3.8) is 0 Å². The average Bonchev–Trinajstić information content (AvgIpc) is 3.38. The van der Waals surface area contributed by atoms with E-state index in [0.29, 0.717) is 19.4 Å². The quantitative estimate of drug-likeness (QED) is 0.0320. The van der Waals surface area contributed by atoms with E-state index >= 15 is 0 Å². The number of carbonyl (C=O) groups is 2. The van der Waals surface area contributed by atoms with Crippen LogP contribution in [0.25, 0.3) is 0 Å². The molecule has 0 spiro atoms. The lowest BCUT2D eigenvalue weighted by atomic mass is 10.0. The molecule has 2 unspecified atom stereocenters. The van der Waals surface area contributed by atoms with Crippen molar-refractivity contribution >= 4 is 11.9 Å². The van der Waals surface area contributed by atoms with Gasteiger partial charge in [-0.25, -0.2) is 0 Å². The first-order chi connectivity index (χ1) is 35.5. The van der Waals surface area contributed by atoms with Crippen molar-refractivity contribution < 1.29 is 24.5 Å². The highest BCUT2D eigenvalue weighted by atomic mass is 16.5. The van der Waals surface area contributed by atoms with E-state index in [9.17, 15) is 19.8 Å². The summed E-state index contributed by atoms with van der Waals surface area (Å²) in [7, 11) is 0. The number of aliphatic hydroxyl groups is 2. The number of carbonyl (C=O) groups excluding carboxylic acids is 2. The molecule has 0 aromatic carbocycles. The van der Waals surface area contributed by atoms with Crippen LogP contribution in [0, 0.1) is 0 Å². The lowest BCUT2D eigenvalue weighted by Gasteiger charge is -2.20. The van der Waals surface area contributed by atoms with Crippen molar-refractivity contribution in [2.75, 3.05) is 13.2 Å².